The third kappa shape index (κ3) is 4.78. The normalized spacial score (nSPS) is 18.6. The zero-order valence-corrected chi connectivity index (χ0v) is 14.6. The van der Waals surface area contributed by atoms with Crippen molar-refractivity contribution in [1.82, 2.24) is 4.90 Å². The molecule has 0 aromatic heterocycles. The summed E-state index contributed by atoms with van der Waals surface area (Å²) < 4.78 is 29.7. The van der Waals surface area contributed by atoms with Gasteiger partial charge in [0.05, 0.1) is 17.1 Å². The maximum Gasteiger partial charge on any atom is 0.248 e. The quantitative estimate of drug-likeness (QED) is 0.709. The van der Waals surface area contributed by atoms with Crippen LogP contribution in [0.4, 0.5) is 0 Å². The molecule has 0 spiro atoms. The summed E-state index contributed by atoms with van der Waals surface area (Å²) >= 11 is 0. The van der Waals surface area contributed by atoms with Gasteiger partial charge in [0.2, 0.25) is 5.91 Å². The number of nitrogens with zero attached hydrogens (tertiary/aromatic N) is 1. The van der Waals surface area contributed by atoms with E-state index in [1.54, 1.807) is 18.7 Å². The van der Waals surface area contributed by atoms with Gasteiger partial charge in [0.25, 0.3) is 0 Å². The molecule has 23 heavy (non-hydrogen) atoms. The number of sulfone groups is 1. The Labute approximate surface area is 138 Å². The molecular weight excluding hydrogens is 314 g/mol. The first-order valence-electron chi connectivity index (χ1n) is 8.03. The number of hydrogen-bond acceptors (Lipinski definition) is 4. The second-order valence-corrected chi connectivity index (χ2v) is 8.96. The number of benzene rings is 1. The average Bonchev–Trinajstić information content (AvgIpc) is 3.03. The molecule has 0 N–H and O–H groups in total. The molecule has 5 nitrogen and oxygen atoms in total. The predicted octanol–water partition coefficient (Wildman–Crippen LogP) is 1.67. The highest BCUT2D eigenvalue weighted by Crippen LogP contribution is 2.20. The number of carbonyl (C=O) groups excluding carboxylic acids is 1. The number of rotatable bonds is 7. The van der Waals surface area contributed by atoms with Gasteiger partial charge in [-0.2, -0.15) is 0 Å². The Morgan fingerprint density at radius 3 is 2.65 bits per heavy atom. The van der Waals surface area contributed by atoms with Gasteiger partial charge in [0, 0.05) is 13.1 Å². The molecule has 2 rings (SSSR count). The lowest BCUT2D eigenvalue weighted by Gasteiger charge is -2.18. The standard InChI is InChI=1S/C17H25NO4S/c1-14(2)23(20,21)16-8-10-18(12-16)17(19)13-22-11-9-15-6-4-3-5-7-15/h3-7,14,16H,8-13H2,1-2H3. The molecule has 1 fully saturated rings. The molecule has 1 amide bonds. The van der Waals surface area contributed by atoms with E-state index in [-0.39, 0.29) is 12.5 Å². The summed E-state index contributed by atoms with van der Waals surface area (Å²) in [5.74, 6) is -0.125. The van der Waals surface area contributed by atoms with Crippen molar-refractivity contribution in [3.05, 3.63) is 35.9 Å². The first kappa shape index (κ1) is 17.9. The van der Waals surface area contributed by atoms with Crippen molar-refractivity contribution in [3.63, 3.8) is 0 Å². The summed E-state index contributed by atoms with van der Waals surface area (Å²) in [6.07, 6.45) is 1.29. The van der Waals surface area contributed by atoms with Gasteiger partial charge in [-0.05, 0) is 32.3 Å². The van der Waals surface area contributed by atoms with Gasteiger partial charge < -0.3 is 9.64 Å². The maximum absolute atomic E-state index is 12.1. The fourth-order valence-electron chi connectivity index (χ4n) is 2.69. The molecular formula is C17H25NO4S. The van der Waals surface area contributed by atoms with Crippen molar-refractivity contribution in [2.75, 3.05) is 26.3 Å². The Morgan fingerprint density at radius 2 is 2.00 bits per heavy atom. The van der Waals surface area contributed by atoms with Crippen LogP contribution in [0.1, 0.15) is 25.8 Å². The van der Waals surface area contributed by atoms with Crippen LogP contribution in [0.3, 0.4) is 0 Å². The van der Waals surface area contributed by atoms with Crippen LogP contribution in [0.25, 0.3) is 0 Å². The van der Waals surface area contributed by atoms with Crippen LogP contribution in [0.15, 0.2) is 30.3 Å². The van der Waals surface area contributed by atoms with E-state index in [0.29, 0.717) is 26.1 Å². The van der Waals surface area contributed by atoms with Crippen LogP contribution in [0.2, 0.25) is 0 Å². The SMILES string of the molecule is CC(C)S(=O)(=O)C1CCN(C(=O)COCCc2ccccc2)C1. The Hall–Kier alpha value is -1.40. The Kier molecular flexibility index (Phi) is 6.18. The Morgan fingerprint density at radius 1 is 1.30 bits per heavy atom. The average molecular weight is 339 g/mol. The molecule has 1 aromatic carbocycles. The van der Waals surface area contributed by atoms with Gasteiger partial charge >= 0.3 is 0 Å². The highest BCUT2D eigenvalue weighted by Gasteiger charge is 2.36. The van der Waals surface area contributed by atoms with Crippen molar-refractivity contribution in [2.45, 2.75) is 37.2 Å². The number of ether oxygens (including phenoxy) is 1. The number of amides is 1. The van der Waals surface area contributed by atoms with Crippen molar-refractivity contribution in [3.8, 4) is 0 Å². The Balaban J connectivity index is 1.73. The molecule has 6 heteroatoms. The summed E-state index contributed by atoms with van der Waals surface area (Å²) in [7, 11) is -3.14. The number of carbonyl (C=O) groups is 1. The third-order valence-electron chi connectivity index (χ3n) is 4.22. The van der Waals surface area contributed by atoms with Gasteiger partial charge in [-0.1, -0.05) is 30.3 Å². The summed E-state index contributed by atoms with van der Waals surface area (Å²) in [4.78, 5) is 13.7. The molecule has 1 unspecified atom stereocenters. The zero-order valence-electron chi connectivity index (χ0n) is 13.8. The second kappa shape index (κ2) is 7.93. The lowest BCUT2D eigenvalue weighted by atomic mass is 10.2. The monoisotopic (exact) mass is 339 g/mol. The molecule has 0 aliphatic carbocycles. The summed E-state index contributed by atoms with van der Waals surface area (Å²) in [6, 6.07) is 9.95. The van der Waals surface area contributed by atoms with E-state index in [9.17, 15) is 13.2 Å². The maximum atomic E-state index is 12.1. The summed E-state index contributed by atoms with van der Waals surface area (Å²) in [6.45, 7) is 4.66. The van der Waals surface area contributed by atoms with E-state index >= 15 is 0 Å². The van der Waals surface area contributed by atoms with E-state index in [2.05, 4.69) is 0 Å². The zero-order chi connectivity index (χ0) is 16.9. The van der Waals surface area contributed by atoms with E-state index < -0.39 is 20.3 Å². The highest BCUT2D eigenvalue weighted by molar-refractivity contribution is 7.92. The summed E-state index contributed by atoms with van der Waals surface area (Å²) in [5.41, 5.74) is 1.17. The van der Waals surface area contributed by atoms with E-state index in [1.807, 2.05) is 30.3 Å². The van der Waals surface area contributed by atoms with Gasteiger partial charge in [-0.25, -0.2) is 8.42 Å². The predicted molar refractivity (Wildman–Crippen MR) is 90.0 cm³/mol. The molecule has 1 aliphatic rings. The van der Waals surface area contributed by atoms with Gasteiger partial charge in [0.15, 0.2) is 9.84 Å². The number of hydrogen-bond donors (Lipinski definition) is 0. The molecule has 0 saturated carbocycles. The largest absolute Gasteiger partial charge is 0.371 e. The molecule has 1 saturated heterocycles. The lowest BCUT2D eigenvalue weighted by molar-refractivity contribution is -0.134. The molecule has 1 aliphatic heterocycles. The lowest BCUT2D eigenvalue weighted by Crippen LogP contribution is -2.36. The molecule has 0 radical (unpaired) electrons. The third-order valence-corrected chi connectivity index (χ3v) is 6.85. The molecule has 1 heterocycles. The molecule has 0 bridgehead atoms. The van der Waals surface area contributed by atoms with Crippen molar-refractivity contribution in [2.24, 2.45) is 0 Å². The minimum absolute atomic E-state index is 0.0152. The van der Waals surface area contributed by atoms with Crippen LogP contribution < -0.4 is 0 Å². The van der Waals surface area contributed by atoms with Crippen LogP contribution >= 0.6 is 0 Å². The molecule has 1 atom stereocenters. The van der Waals surface area contributed by atoms with Crippen molar-refractivity contribution < 1.29 is 17.9 Å². The van der Waals surface area contributed by atoms with Crippen LogP contribution in [0, 0.1) is 0 Å². The smallest absolute Gasteiger partial charge is 0.248 e. The first-order valence-corrected chi connectivity index (χ1v) is 9.64. The van der Waals surface area contributed by atoms with Crippen LogP contribution in [0.5, 0.6) is 0 Å². The van der Waals surface area contributed by atoms with E-state index in [4.69, 9.17) is 4.74 Å². The number of likely N-dealkylation sites (tertiary alicyclic amines) is 1. The van der Waals surface area contributed by atoms with Gasteiger partial charge in [-0.15, -0.1) is 0 Å². The minimum atomic E-state index is -3.14. The van der Waals surface area contributed by atoms with Crippen molar-refractivity contribution >= 4 is 15.7 Å². The van der Waals surface area contributed by atoms with E-state index in [0.717, 1.165) is 6.42 Å². The van der Waals surface area contributed by atoms with Gasteiger partial charge in [0.1, 0.15) is 6.61 Å². The topological polar surface area (TPSA) is 63.7 Å². The fraction of sp³-hybridized carbons (Fsp3) is 0.588. The minimum Gasteiger partial charge on any atom is -0.371 e. The Bertz CT molecular complexity index is 613. The molecule has 128 valence electrons. The summed E-state index contributed by atoms with van der Waals surface area (Å²) in [5, 5.41) is -0.833. The first-order chi connectivity index (χ1) is 10.9. The molecule has 1 aromatic rings. The van der Waals surface area contributed by atoms with Crippen LogP contribution in [-0.2, 0) is 25.8 Å². The van der Waals surface area contributed by atoms with Crippen molar-refractivity contribution in [1.29, 1.82) is 0 Å². The second-order valence-electron chi connectivity index (χ2n) is 6.18. The van der Waals surface area contributed by atoms with Gasteiger partial charge in [-0.3, -0.25) is 4.79 Å². The highest BCUT2D eigenvalue weighted by atomic mass is 32.2. The van der Waals surface area contributed by atoms with Crippen LogP contribution in [-0.4, -0.2) is 56.0 Å². The fourth-order valence-corrected chi connectivity index (χ4v) is 4.28. The van der Waals surface area contributed by atoms with E-state index in [1.165, 1.54) is 5.56 Å².